The third-order valence-electron chi connectivity index (χ3n) is 3.20. The molecule has 0 aromatic heterocycles. The van der Waals surface area contributed by atoms with Crippen molar-refractivity contribution in [3.63, 3.8) is 0 Å². The molecular weight excluding hydrogens is 232 g/mol. The third-order valence-corrected chi connectivity index (χ3v) is 3.20. The summed E-state index contributed by atoms with van der Waals surface area (Å²) in [6, 6.07) is 6.56. The quantitative estimate of drug-likeness (QED) is 0.810. The Labute approximate surface area is 104 Å². The average molecular weight is 244 g/mol. The number of hydrazine groups is 1. The number of hydrogen-bond donors (Lipinski definition) is 1. The summed E-state index contributed by atoms with van der Waals surface area (Å²) in [7, 11) is 0. The lowest BCUT2D eigenvalue weighted by molar-refractivity contribution is -0.124. The van der Waals surface area contributed by atoms with E-state index in [0.29, 0.717) is 23.5 Å². The molecule has 3 rings (SSSR count). The van der Waals surface area contributed by atoms with Gasteiger partial charge in [-0.15, -0.1) is 0 Å². The number of hydrogen-bond acceptors (Lipinski definition) is 3. The molecule has 1 N–H and O–H groups in total. The van der Waals surface area contributed by atoms with E-state index in [-0.39, 0.29) is 5.91 Å². The summed E-state index contributed by atoms with van der Waals surface area (Å²) in [6.45, 7) is 0. The van der Waals surface area contributed by atoms with E-state index >= 15 is 0 Å². The van der Waals surface area contributed by atoms with Crippen LogP contribution in [0.3, 0.4) is 0 Å². The summed E-state index contributed by atoms with van der Waals surface area (Å²) in [4.78, 5) is 35.5. The number of carbonyl (C=O) groups is 3. The van der Waals surface area contributed by atoms with Crippen molar-refractivity contribution in [2.24, 2.45) is 5.92 Å². The predicted octanol–water partition coefficient (Wildman–Crippen LogP) is 1.11. The molecule has 0 bridgehead atoms. The van der Waals surface area contributed by atoms with Crippen LogP contribution in [-0.4, -0.2) is 22.7 Å². The zero-order chi connectivity index (χ0) is 12.7. The van der Waals surface area contributed by atoms with E-state index in [1.54, 1.807) is 24.3 Å². The Morgan fingerprint density at radius 2 is 1.72 bits per heavy atom. The monoisotopic (exact) mass is 244 g/mol. The molecule has 0 saturated heterocycles. The van der Waals surface area contributed by atoms with E-state index in [2.05, 4.69) is 5.43 Å². The summed E-state index contributed by atoms with van der Waals surface area (Å²) in [5.74, 6) is -0.772. The van der Waals surface area contributed by atoms with Crippen molar-refractivity contribution >= 4 is 17.7 Å². The minimum Gasteiger partial charge on any atom is -0.273 e. The van der Waals surface area contributed by atoms with Crippen LogP contribution in [0.15, 0.2) is 24.3 Å². The van der Waals surface area contributed by atoms with E-state index in [1.165, 1.54) is 0 Å². The van der Waals surface area contributed by atoms with Gasteiger partial charge in [-0.05, 0) is 30.9 Å². The smallest absolute Gasteiger partial charge is 0.273 e. The summed E-state index contributed by atoms with van der Waals surface area (Å²) in [5, 5.41) is 0.815. The van der Waals surface area contributed by atoms with Crippen molar-refractivity contribution in [1.82, 2.24) is 10.4 Å². The van der Waals surface area contributed by atoms with Gasteiger partial charge in [-0.1, -0.05) is 12.1 Å². The van der Waals surface area contributed by atoms with Crippen molar-refractivity contribution < 1.29 is 14.4 Å². The van der Waals surface area contributed by atoms with Crippen LogP contribution in [0.5, 0.6) is 0 Å². The average Bonchev–Trinajstić information content (AvgIpc) is 3.14. The van der Waals surface area contributed by atoms with Gasteiger partial charge in [0.05, 0.1) is 11.1 Å². The van der Waals surface area contributed by atoms with Gasteiger partial charge in [0.1, 0.15) is 0 Å². The van der Waals surface area contributed by atoms with Gasteiger partial charge >= 0.3 is 0 Å². The molecule has 5 nitrogen and oxygen atoms in total. The molecule has 18 heavy (non-hydrogen) atoms. The first-order chi connectivity index (χ1) is 8.66. The molecule has 5 heteroatoms. The number of rotatable bonds is 3. The summed E-state index contributed by atoms with van der Waals surface area (Å²) >= 11 is 0. The molecule has 1 aromatic carbocycles. The van der Waals surface area contributed by atoms with Gasteiger partial charge in [0.15, 0.2) is 0 Å². The maximum Gasteiger partial charge on any atom is 0.280 e. The van der Waals surface area contributed by atoms with E-state index < -0.39 is 11.8 Å². The highest BCUT2D eigenvalue weighted by atomic mass is 16.2. The molecule has 2 aliphatic rings. The molecule has 0 radical (unpaired) electrons. The fourth-order valence-electron chi connectivity index (χ4n) is 2.05. The van der Waals surface area contributed by atoms with Crippen LogP contribution < -0.4 is 5.43 Å². The van der Waals surface area contributed by atoms with Crippen molar-refractivity contribution in [1.29, 1.82) is 0 Å². The van der Waals surface area contributed by atoms with Crippen LogP contribution in [0.25, 0.3) is 0 Å². The molecule has 3 amide bonds. The Bertz CT molecular complexity index is 514. The molecule has 1 saturated carbocycles. The van der Waals surface area contributed by atoms with Crippen LogP contribution >= 0.6 is 0 Å². The van der Waals surface area contributed by atoms with E-state index in [0.717, 1.165) is 17.9 Å². The number of imide groups is 1. The molecular formula is C13H12N2O3. The fourth-order valence-corrected chi connectivity index (χ4v) is 2.05. The summed E-state index contributed by atoms with van der Waals surface area (Å²) in [5.41, 5.74) is 3.08. The van der Waals surface area contributed by atoms with Crippen LogP contribution in [0.2, 0.25) is 0 Å². The molecule has 1 aliphatic heterocycles. The number of benzene rings is 1. The highest BCUT2D eigenvalue weighted by Gasteiger charge is 2.37. The van der Waals surface area contributed by atoms with Crippen molar-refractivity contribution in [2.75, 3.05) is 0 Å². The number of carbonyl (C=O) groups excluding carboxylic acids is 3. The minimum atomic E-state index is -0.459. The summed E-state index contributed by atoms with van der Waals surface area (Å²) in [6.07, 6.45) is 2.48. The standard InChI is InChI=1S/C13H12N2O3/c16-11(7-8-5-6-8)14-15-12(17)9-3-1-2-4-10(9)13(15)18/h1-4,8H,5-7H2,(H,14,16). The van der Waals surface area contributed by atoms with Gasteiger partial charge in [-0.2, -0.15) is 5.01 Å². The molecule has 92 valence electrons. The first-order valence-electron chi connectivity index (χ1n) is 5.94. The molecule has 1 aromatic rings. The zero-order valence-electron chi connectivity index (χ0n) is 9.68. The SMILES string of the molecule is O=C(CC1CC1)NN1C(=O)c2ccccc2C1=O. The molecule has 1 fully saturated rings. The van der Waals surface area contributed by atoms with Crippen molar-refractivity contribution in [2.45, 2.75) is 19.3 Å². The topological polar surface area (TPSA) is 66.5 Å². The van der Waals surface area contributed by atoms with Gasteiger partial charge in [0, 0.05) is 6.42 Å². The minimum absolute atomic E-state index is 0.271. The Kier molecular flexibility index (Phi) is 2.40. The highest BCUT2D eigenvalue weighted by molar-refractivity contribution is 6.21. The first-order valence-corrected chi connectivity index (χ1v) is 5.94. The third kappa shape index (κ3) is 1.77. The van der Waals surface area contributed by atoms with Crippen LogP contribution in [-0.2, 0) is 4.79 Å². The first kappa shape index (κ1) is 11.0. The van der Waals surface area contributed by atoms with Gasteiger partial charge < -0.3 is 0 Å². The molecule has 0 unspecified atom stereocenters. The highest BCUT2D eigenvalue weighted by Crippen LogP contribution is 2.32. The maximum atomic E-state index is 11.9. The van der Waals surface area contributed by atoms with Crippen LogP contribution in [0.1, 0.15) is 40.0 Å². The van der Waals surface area contributed by atoms with E-state index in [4.69, 9.17) is 0 Å². The second-order valence-corrected chi connectivity index (χ2v) is 4.67. The van der Waals surface area contributed by atoms with Crippen molar-refractivity contribution in [3.05, 3.63) is 35.4 Å². The van der Waals surface area contributed by atoms with E-state index in [9.17, 15) is 14.4 Å². The molecule has 0 spiro atoms. The van der Waals surface area contributed by atoms with Crippen molar-refractivity contribution in [3.8, 4) is 0 Å². The zero-order valence-corrected chi connectivity index (χ0v) is 9.68. The Morgan fingerprint density at radius 3 is 2.22 bits per heavy atom. The maximum absolute atomic E-state index is 11.9. The van der Waals surface area contributed by atoms with Crippen LogP contribution in [0, 0.1) is 5.92 Å². The second kappa shape index (κ2) is 3.94. The predicted molar refractivity (Wildman–Crippen MR) is 62.4 cm³/mol. The lowest BCUT2D eigenvalue weighted by atomic mass is 10.1. The van der Waals surface area contributed by atoms with Gasteiger partial charge in [0.2, 0.25) is 5.91 Å². The van der Waals surface area contributed by atoms with Gasteiger partial charge in [-0.25, -0.2) is 0 Å². The van der Waals surface area contributed by atoms with Gasteiger partial charge in [0.25, 0.3) is 11.8 Å². The van der Waals surface area contributed by atoms with Crippen LogP contribution in [0.4, 0.5) is 0 Å². The summed E-state index contributed by atoms with van der Waals surface area (Å²) < 4.78 is 0. The molecule has 1 heterocycles. The van der Waals surface area contributed by atoms with Gasteiger partial charge in [-0.3, -0.25) is 19.8 Å². The van der Waals surface area contributed by atoms with E-state index in [1.807, 2.05) is 0 Å². The normalized spacial score (nSPS) is 17.9. The second-order valence-electron chi connectivity index (χ2n) is 4.67. The number of amides is 3. The molecule has 0 atom stereocenters. The fraction of sp³-hybridized carbons (Fsp3) is 0.308. The molecule has 1 aliphatic carbocycles. The number of nitrogens with one attached hydrogen (secondary N) is 1. The lowest BCUT2D eigenvalue weighted by Crippen LogP contribution is -2.45. The number of fused-ring (bicyclic) bond motifs is 1. The lowest BCUT2D eigenvalue weighted by Gasteiger charge is -2.14. The Morgan fingerprint density at radius 1 is 1.17 bits per heavy atom. The Balaban J connectivity index is 1.76. The largest absolute Gasteiger partial charge is 0.280 e. The Hall–Kier alpha value is -2.17. The number of nitrogens with zero attached hydrogens (tertiary/aromatic N) is 1.